The first kappa shape index (κ1) is 12.2. The number of hydrogen-bond acceptors (Lipinski definition) is 4. The Hall–Kier alpha value is -1.89. The summed E-state index contributed by atoms with van der Waals surface area (Å²) in [7, 11) is -3.57. The smallest absolute Gasteiger partial charge is 0.242 e. The lowest BCUT2D eigenvalue weighted by Crippen LogP contribution is -2.24. The molecule has 0 fully saturated rings. The minimum atomic E-state index is -3.57. The molecule has 0 unspecified atom stereocenters. The maximum absolute atomic E-state index is 11.6. The zero-order valence-electron chi connectivity index (χ0n) is 8.34. The molecule has 0 radical (unpaired) electrons. The molecule has 0 aliphatic heterocycles. The summed E-state index contributed by atoms with van der Waals surface area (Å²) in [5, 5.41) is 8.50. The monoisotopic (exact) mass is 235 g/mol. The first-order valence-corrected chi connectivity index (χ1v) is 5.88. The van der Waals surface area contributed by atoms with Gasteiger partial charge in [0.15, 0.2) is 0 Å². The molecule has 0 bridgehead atoms. The van der Waals surface area contributed by atoms with Crippen molar-refractivity contribution in [2.45, 2.75) is 11.3 Å². The van der Waals surface area contributed by atoms with E-state index in [1.165, 1.54) is 12.1 Å². The number of rotatable bonds is 4. The zero-order valence-corrected chi connectivity index (χ0v) is 9.16. The molecule has 0 aromatic carbocycles. The molecule has 6 heteroatoms. The highest BCUT2D eigenvalue weighted by Gasteiger charge is 2.13. The van der Waals surface area contributed by atoms with Gasteiger partial charge in [-0.05, 0) is 12.1 Å². The van der Waals surface area contributed by atoms with Gasteiger partial charge in [-0.2, -0.15) is 5.26 Å². The van der Waals surface area contributed by atoms with Gasteiger partial charge in [0.05, 0.1) is 0 Å². The van der Waals surface area contributed by atoms with Crippen LogP contribution in [0.3, 0.4) is 0 Å². The van der Waals surface area contributed by atoms with Gasteiger partial charge < -0.3 is 0 Å². The standard InChI is InChI=1S/C10H9N3O2S/c1-2-3-6-13-16(14,15)10-5-4-9(7-11)12-8-10/h1,4-5,8,13H,3,6H2. The topological polar surface area (TPSA) is 82.9 Å². The van der Waals surface area contributed by atoms with Gasteiger partial charge in [0, 0.05) is 19.2 Å². The molecule has 1 N–H and O–H groups in total. The predicted molar refractivity (Wildman–Crippen MR) is 57.6 cm³/mol. The number of hydrogen-bond donors (Lipinski definition) is 1. The fraction of sp³-hybridized carbons (Fsp3) is 0.200. The molecule has 82 valence electrons. The Balaban J connectivity index is 2.83. The van der Waals surface area contributed by atoms with Crippen molar-refractivity contribution in [3.8, 4) is 18.4 Å². The van der Waals surface area contributed by atoms with Crippen molar-refractivity contribution in [3.63, 3.8) is 0 Å². The number of nitrogens with zero attached hydrogens (tertiary/aromatic N) is 2. The van der Waals surface area contributed by atoms with Gasteiger partial charge in [-0.15, -0.1) is 12.3 Å². The fourth-order valence-corrected chi connectivity index (χ4v) is 1.92. The maximum Gasteiger partial charge on any atom is 0.242 e. The van der Waals surface area contributed by atoms with Crippen molar-refractivity contribution in [2.24, 2.45) is 0 Å². The summed E-state index contributed by atoms with van der Waals surface area (Å²) in [6.45, 7) is 0.179. The highest BCUT2D eigenvalue weighted by Crippen LogP contribution is 2.06. The van der Waals surface area contributed by atoms with Crippen molar-refractivity contribution >= 4 is 10.0 Å². The molecular weight excluding hydrogens is 226 g/mol. The largest absolute Gasteiger partial charge is 0.244 e. The van der Waals surface area contributed by atoms with Crippen molar-refractivity contribution in [2.75, 3.05) is 6.54 Å². The van der Waals surface area contributed by atoms with E-state index in [4.69, 9.17) is 11.7 Å². The Morgan fingerprint density at radius 1 is 1.50 bits per heavy atom. The quantitative estimate of drug-likeness (QED) is 0.599. The van der Waals surface area contributed by atoms with E-state index >= 15 is 0 Å². The molecular formula is C10H9N3O2S. The van der Waals surface area contributed by atoms with Gasteiger partial charge in [0.2, 0.25) is 10.0 Å². The lowest BCUT2D eigenvalue weighted by Gasteiger charge is -2.04. The third-order valence-electron chi connectivity index (χ3n) is 1.72. The first-order chi connectivity index (χ1) is 7.60. The number of nitrogens with one attached hydrogen (secondary N) is 1. The van der Waals surface area contributed by atoms with Crippen LogP contribution in [0.1, 0.15) is 12.1 Å². The van der Waals surface area contributed by atoms with E-state index in [0.29, 0.717) is 6.42 Å². The van der Waals surface area contributed by atoms with E-state index in [-0.39, 0.29) is 17.1 Å². The SMILES string of the molecule is C#CCCNS(=O)(=O)c1ccc(C#N)nc1. The van der Waals surface area contributed by atoms with Crippen LogP contribution in [0.5, 0.6) is 0 Å². The maximum atomic E-state index is 11.6. The number of pyridine rings is 1. The summed E-state index contributed by atoms with van der Waals surface area (Å²) >= 11 is 0. The van der Waals surface area contributed by atoms with E-state index < -0.39 is 10.0 Å². The third-order valence-corrected chi connectivity index (χ3v) is 3.17. The molecule has 16 heavy (non-hydrogen) atoms. The van der Waals surface area contributed by atoms with Gasteiger partial charge in [0.25, 0.3) is 0 Å². The Labute approximate surface area is 94.2 Å². The van der Waals surface area contributed by atoms with Crippen molar-refractivity contribution in [1.82, 2.24) is 9.71 Å². The molecule has 1 rings (SSSR count). The second-order valence-electron chi connectivity index (χ2n) is 2.84. The van der Waals surface area contributed by atoms with E-state index in [9.17, 15) is 8.42 Å². The van der Waals surface area contributed by atoms with Gasteiger partial charge in [-0.25, -0.2) is 18.1 Å². The second kappa shape index (κ2) is 5.26. The summed E-state index contributed by atoms with van der Waals surface area (Å²) in [4.78, 5) is 3.69. The van der Waals surface area contributed by atoms with Crippen LogP contribution in [0.2, 0.25) is 0 Å². The van der Waals surface area contributed by atoms with E-state index in [1.807, 2.05) is 0 Å². The summed E-state index contributed by atoms with van der Waals surface area (Å²) in [6.07, 6.45) is 6.46. The Morgan fingerprint density at radius 2 is 2.25 bits per heavy atom. The molecule has 0 amide bonds. The van der Waals surface area contributed by atoms with E-state index in [0.717, 1.165) is 6.20 Å². The molecule has 0 aliphatic carbocycles. The average Bonchev–Trinajstić information content (AvgIpc) is 2.29. The van der Waals surface area contributed by atoms with Crippen LogP contribution in [-0.4, -0.2) is 19.9 Å². The van der Waals surface area contributed by atoms with E-state index in [2.05, 4.69) is 15.6 Å². The lowest BCUT2D eigenvalue weighted by atomic mass is 10.4. The summed E-state index contributed by atoms with van der Waals surface area (Å²) in [6, 6.07) is 4.47. The van der Waals surface area contributed by atoms with Gasteiger partial charge in [-0.3, -0.25) is 0 Å². The first-order valence-electron chi connectivity index (χ1n) is 4.39. The van der Waals surface area contributed by atoms with Gasteiger partial charge in [0.1, 0.15) is 16.7 Å². The lowest BCUT2D eigenvalue weighted by molar-refractivity contribution is 0.582. The minimum Gasteiger partial charge on any atom is -0.244 e. The predicted octanol–water partition coefficient (Wildman–Crippen LogP) is 0.255. The molecule has 1 heterocycles. The van der Waals surface area contributed by atoms with Gasteiger partial charge >= 0.3 is 0 Å². The second-order valence-corrected chi connectivity index (χ2v) is 4.61. The zero-order chi connectivity index (χ0) is 12.0. The third kappa shape index (κ3) is 3.06. The Morgan fingerprint density at radius 3 is 2.75 bits per heavy atom. The van der Waals surface area contributed by atoms with E-state index in [1.54, 1.807) is 6.07 Å². The summed E-state index contributed by atoms with van der Waals surface area (Å²) in [5.74, 6) is 2.32. The van der Waals surface area contributed by atoms with Gasteiger partial charge in [-0.1, -0.05) is 0 Å². The molecule has 0 saturated carbocycles. The molecule has 0 saturated heterocycles. The highest BCUT2D eigenvalue weighted by atomic mass is 32.2. The molecule has 0 spiro atoms. The van der Waals surface area contributed by atoms with Crippen LogP contribution in [-0.2, 0) is 10.0 Å². The number of aromatic nitrogens is 1. The van der Waals surface area contributed by atoms with Crippen LogP contribution < -0.4 is 4.72 Å². The number of nitriles is 1. The molecule has 0 aliphatic rings. The van der Waals surface area contributed by atoms with Crippen LogP contribution >= 0.6 is 0 Å². The Bertz CT molecular complexity index is 535. The minimum absolute atomic E-state index is 0.0171. The Kier molecular flexibility index (Phi) is 4.01. The van der Waals surface area contributed by atoms with Crippen LogP contribution in [0.25, 0.3) is 0 Å². The molecule has 5 nitrogen and oxygen atoms in total. The summed E-state index contributed by atoms with van der Waals surface area (Å²) in [5.41, 5.74) is 0.169. The van der Waals surface area contributed by atoms with Crippen LogP contribution in [0, 0.1) is 23.7 Å². The van der Waals surface area contributed by atoms with Crippen molar-refractivity contribution in [1.29, 1.82) is 5.26 Å². The highest BCUT2D eigenvalue weighted by molar-refractivity contribution is 7.89. The molecule has 0 atom stereocenters. The van der Waals surface area contributed by atoms with Crippen molar-refractivity contribution in [3.05, 3.63) is 24.0 Å². The summed E-state index contributed by atoms with van der Waals surface area (Å²) < 4.78 is 25.5. The molecule has 1 aromatic rings. The van der Waals surface area contributed by atoms with Crippen LogP contribution in [0.4, 0.5) is 0 Å². The average molecular weight is 235 g/mol. The van der Waals surface area contributed by atoms with Crippen molar-refractivity contribution < 1.29 is 8.42 Å². The van der Waals surface area contributed by atoms with Crippen LogP contribution in [0.15, 0.2) is 23.2 Å². The number of sulfonamides is 1. The normalized spacial score (nSPS) is 10.4. The molecule has 1 aromatic heterocycles. The fourth-order valence-electron chi connectivity index (χ4n) is 0.946. The number of terminal acetylenes is 1.